The first-order chi connectivity index (χ1) is 10.7. The normalized spacial score (nSPS) is 10.4. The molecule has 0 unspecified atom stereocenters. The Bertz CT molecular complexity index is 795. The molecule has 2 aromatic heterocycles. The van der Waals surface area contributed by atoms with E-state index in [-0.39, 0.29) is 5.69 Å². The minimum absolute atomic E-state index is 0.0748. The fraction of sp³-hybridized carbons (Fsp3) is 0.0625. The number of benzene rings is 1. The Hall–Kier alpha value is -3.15. The molecule has 0 saturated heterocycles. The van der Waals surface area contributed by atoms with E-state index in [0.717, 1.165) is 0 Å². The van der Waals surface area contributed by atoms with Gasteiger partial charge in [-0.2, -0.15) is 5.10 Å². The molecule has 22 heavy (non-hydrogen) atoms. The van der Waals surface area contributed by atoms with Crippen molar-refractivity contribution < 1.29 is 14.6 Å². The van der Waals surface area contributed by atoms with Crippen LogP contribution in [-0.4, -0.2) is 33.0 Å². The summed E-state index contributed by atoms with van der Waals surface area (Å²) in [4.78, 5) is 15.7. The predicted molar refractivity (Wildman–Crippen MR) is 80.3 cm³/mol. The number of ether oxygens (including phenoxy) is 1. The number of carboxylic acid groups (broad SMARTS) is 1. The average Bonchev–Trinajstić information content (AvgIpc) is 3.01. The summed E-state index contributed by atoms with van der Waals surface area (Å²) >= 11 is 0. The maximum Gasteiger partial charge on any atom is 0.354 e. The van der Waals surface area contributed by atoms with E-state index in [2.05, 4.69) is 10.1 Å². The number of carboxylic acids is 1. The number of methoxy groups -OCH3 is 1. The number of hydrogen-bond donors (Lipinski definition) is 1. The van der Waals surface area contributed by atoms with Gasteiger partial charge in [-0.3, -0.25) is 4.98 Å². The third kappa shape index (κ3) is 2.54. The molecule has 2 heterocycles. The van der Waals surface area contributed by atoms with Crippen LogP contribution in [0.1, 0.15) is 10.5 Å². The summed E-state index contributed by atoms with van der Waals surface area (Å²) in [6.07, 6.45) is 1.64. The van der Waals surface area contributed by atoms with Crippen LogP contribution in [0.15, 0.2) is 54.7 Å². The molecular weight excluding hydrogens is 282 g/mol. The number of carbonyl (C=O) groups is 1. The molecule has 0 atom stereocenters. The molecule has 6 nitrogen and oxygen atoms in total. The van der Waals surface area contributed by atoms with Crippen LogP contribution in [0.4, 0.5) is 0 Å². The zero-order valence-electron chi connectivity index (χ0n) is 11.8. The van der Waals surface area contributed by atoms with Crippen LogP contribution >= 0.6 is 0 Å². The Morgan fingerprint density at radius 3 is 2.50 bits per heavy atom. The first-order valence-electron chi connectivity index (χ1n) is 6.58. The Kier molecular flexibility index (Phi) is 3.57. The molecule has 6 heteroatoms. The summed E-state index contributed by atoms with van der Waals surface area (Å²) < 4.78 is 6.48. The fourth-order valence-corrected chi connectivity index (χ4v) is 2.09. The van der Waals surface area contributed by atoms with E-state index < -0.39 is 5.97 Å². The zero-order chi connectivity index (χ0) is 15.5. The summed E-state index contributed by atoms with van der Waals surface area (Å²) in [5.74, 6) is -0.358. The third-order valence-electron chi connectivity index (χ3n) is 3.17. The van der Waals surface area contributed by atoms with Crippen LogP contribution in [0.25, 0.3) is 17.1 Å². The molecule has 0 saturated carbocycles. The van der Waals surface area contributed by atoms with E-state index in [1.807, 2.05) is 6.07 Å². The van der Waals surface area contributed by atoms with Crippen LogP contribution in [-0.2, 0) is 0 Å². The SMILES string of the molecule is COc1ccc(-n2nc(-c3ccccn3)cc2C(=O)O)cc1. The second-order valence-corrected chi connectivity index (χ2v) is 4.54. The van der Waals surface area contributed by atoms with Crippen LogP contribution in [0.2, 0.25) is 0 Å². The van der Waals surface area contributed by atoms with E-state index >= 15 is 0 Å². The van der Waals surface area contributed by atoms with Gasteiger partial charge in [0, 0.05) is 12.3 Å². The first kappa shape index (κ1) is 13.8. The lowest BCUT2D eigenvalue weighted by atomic mass is 10.2. The first-order valence-corrected chi connectivity index (χ1v) is 6.58. The van der Waals surface area contributed by atoms with Gasteiger partial charge in [0.15, 0.2) is 5.69 Å². The molecule has 1 aromatic carbocycles. The topological polar surface area (TPSA) is 77.2 Å². The number of aromatic carboxylic acids is 1. The molecule has 0 bridgehead atoms. The minimum atomic E-state index is -1.05. The van der Waals surface area contributed by atoms with Crippen molar-refractivity contribution in [2.45, 2.75) is 0 Å². The van der Waals surface area contributed by atoms with Crippen molar-refractivity contribution in [2.75, 3.05) is 7.11 Å². The smallest absolute Gasteiger partial charge is 0.354 e. The summed E-state index contributed by atoms with van der Waals surface area (Å²) in [5.41, 5.74) is 1.84. The maximum atomic E-state index is 11.5. The summed E-state index contributed by atoms with van der Waals surface area (Å²) in [5, 5.41) is 13.7. The molecule has 3 aromatic rings. The zero-order valence-corrected chi connectivity index (χ0v) is 11.8. The number of rotatable bonds is 4. The lowest BCUT2D eigenvalue weighted by Gasteiger charge is -2.05. The van der Waals surface area contributed by atoms with Crippen molar-refractivity contribution in [1.29, 1.82) is 0 Å². The van der Waals surface area contributed by atoms with E-state index in [4.69, 9.17) is 4.74 Å². The standard InChI is InChI=1S/C16H13N3O3/c1-22-12-7-5-11(6-8-12)19-15(16(20)21)10-14(18-19)13-4-2-3-9-17-13/h2-10H,1H3,(H,20,21). The molecule has 1 N–H and O–H groups in total. The number of pyridine rings is 1. The maximum absolute atomic E-state index is 11.5. The van der Waals surface area contributed by atoms with Gasteiger partial charge in [0.05, 0.1) is 18.5 Å². The van der Waals surface area contributed by atoms with Gasteiger partial charge in [0.25, 0.3) is 0 Å². The molecule has 0 fully saturated rings. The Balaban J connectivity index is 2.09. The number of nitrogens with zero attached hydrogens (tertiary/aromatic N) is 3. The lowest BCUT2D eigenvalue weighted by molar-refractivity contribution is 0.0687. The molecule has 0 aliphatic heterocycles. The van der Waals surface area contributed by atoms with E-state index in [0.29, 0.717) is 22.8 Å². The van der Waals surface area contributed by atoms with Crippen LogP contribution < -0.4 is 4.74 Å². The Labute approximate surface area is 126 Å². The second kappa shape index (κ2) is 5.69. The molecule has 0 spiro atoms. The van der Waals surface area contributed by atoms with E-state index in [1.54, 1.807) is 49.7 Å². The monoisotopic (exact) mass is 295 g/mol. The molecule has 3 rings (SSSR count). The highest BCUT2D eigenvalue weighted by atomic mass is 16.5. The highest BCUT2D eigenvalue weighted by molar-refractivity contribution is 5.88. The van der Waals surface area contributed by atoms with Gasteiger partial charge in [0.1, 0.15) is 11.4 Å². The molecule has 0 radical (unpaired) electrons. The average molecular weight is 295 g/mol. The van der Waals surface area contributed by atoms with Gasteiger partial charge in [0.2, 0.25) is 0 Å². The molecular formula is C16H13N3O3. The summed E-state index contributed by atoms with van der Waals surface area (Å²) in [6, 6.07) is 13.9. The highest BCUT2D eigenvalue weighted by Gasteiger charge is 2.17. The minimum Gasteiger partial charge on any atom is -0.497 e. The number of hydrogen-bond acceptors (Lipinski definition) is 4. The Morgan fingerprint density at radius 2 is 1.91 bits per heavy atom. The largest absolute Gasteiger partial charge is 0.497 e. The summed E-state index contributed by atoms with van der Waals surface area (Å²) in [6.45, 7) is 0. The quantitative estimate of drug-likeness (QED) is 0.800. The molecule has 0 aliphatic carbocycles. The van der Waals surface area contributed by atoms with E-state index in [9.17, 15) is 9.90 Å². The van der Waals surface area contributed by atoms with Gasteiger partial charge >= 0.3 is 5.97 Å². The van der Waals surface area contributed by atoms with E-state index in [1.165, 1.54) is 10.7 Å². The number of aromatic nitrogens is 3. The van der Waals surface area contributed by atoms with Gasteiger partial charge in [-0.25, -0.2) is 9.48 Å². The van der Waals surface area contributed by atoms with Crippen LogP contribution in [0, 0.1) is 0 Å². The Morgan fingerprint density at radius 1 is 1.14 bits per heavy atom. The molecule has 0 aliphatic rings. The van der Waals surface area contributed by atoms with Crippen LogP contribution in [0.5, 0.6) is 5.75 Å². The highest BCUT2D eigenvalue weighted by Crippen LogP contribution is 2.21. The van der Waals surface area contributed by atoms with Crippen molar-refractivity contribution in [2.24, 2.45) is 0 Å². The van der Waals surface area contributed by atoms with Crippen molar-refractivity contribution in [3.8, 4) is 22.8 Å². The summed E-state index contributed by atoms with van der Waals surface area (Å²) in [7, 11) is 1.57. The predicted octanol–water partition coefficient (Wildman–Crippen LogP) is 2.64. The fourth-order valence-electron chi connectivity index (χ4n) is 2.09. The van der Waals surface area contributed by atoms with Gasteiger partial charge < -0.3 is 9.84 Å². The molecule has 0 amide bonds. The van der Waals surface area contributed by atoms with Crippen LogP contribution in [0.3, 0.4) is 0 Å². The lowest BCUT2D eigenvalue weighted by Crippen LogP contribution is -2.07. The van der Waals surface area contributed by atoms with Crippen molar-refractivity contribution in [3.05, 3.63) is 60.4 Å². The molecule has 110 valence electrons. The third-order valence-corrected chi connectivity index (χ3v) is 3.17. The van der Waals surface area contributed by atoms with Crippen molar-refractivity contribution >= 4 is 5.97 Å². The van der Waals surface area contributed by atoms with Crippen molar-refractivity contribution in [3.63, 3.8) is 0 Å². The van der Waals surface area contributed by atoms with Gasteiger partial charge in [-0.15, -0.1) is 0 Å². The van der Waals surface area contributed by atoms with Crippen molar-refractivity contribution in [1.82, 2.24) is 14.8 Å². The van der Waals surface area contributed by atoms with Gasteiger partial charge in [-0.1, -0.05) is 6.07 Å². The second-order valence-electron chi connectivity index (χ2n) is 4.54. The van der Waals surface area contributed by atoms with Gasteiger partial charge in [-0.05, 0) is 36.4 Å².